The molecule has 8 heteroatoms. The number of ether oxygens (including phenoxy) is 1. The van der Waals surface area contributed by atoms with E-state index in [1.807, 2.05) is 51.4 Å². The van der Waals surface area contributed by atoms with Crippen molar-refractivity contribution in [1.82, 2.24) is 19.4 Å². The zero-order chi connectivity index (χ0) is 23.2. The van der Waals surface area contributed by atoms with Crippen molar-refractivity contribution in [1.29, 1.82) is 0 Å². The number of nitrogens with zero attached hydrogens (tertiary/aromatic N) is 5. The number of aromatic nitrogens is 3. The minimum atomic E-state index is -0.532. The van der Waals surface area contributed by atoms with Gasteiger partial charge in [0.25, 0.3) is 0 Å². The van der Waals surface area contributed by atoms with Gasteiger partial charge >= 0.3 is 6.09 Å². The first-order valence-corrected chi connectivity index (χ1v) is 10.9. The first-order valence-electron chi connectivity index (χ1n) is 10.9. The van der Waals surface area contributed by atoms with Gasteiger partial charge in [-0.05, 0) is 59.2 Å². The summed E-state index contributed by atoms with van der Waals surface area (Å²) in [6.07, 6.45) is 4.91. The molecular formula is C24H30FN5O2. The van der Waals surface area contributed by atoms with Crippen LogP contribution in [0.4, 0.5) is 15.0 Å². The van der Waals surface area contributed by atoms with Crippen LogP contribution < -0.4 is 4.90 Å². The molecular weight excluding hydrogens is 409 g/mol. The first kappa shape index (κ1) is 22.0. The molecule has 0 unspecified atom stereocenters. The molecule has 0 aromatic carbocycles. The molecule has 0 saturated carbocycles. The van der Waals surface area contributed by atoms with Crippen LogP contribution in [0.5, 0.6) is 0 Å². The highest BCUT2D eigenvalue weighted by molar-refractivity contribution is 5.94. The molecule has 4 heterocycles. The number of hydrogen-bond donors (Lipinski definition) is 0. The van der Waals surface area contributed by atoms with Crippen LogP contribution in [0, 0.1) is 12.7 Å². The van der Waals surface area contributed by atoms with Crippen molar-refractivity contribution >= 4 is 22.8 Å². The molecule has 3 aromatic rings. The smallest absolute Gasteiger partial charge is 0.410 e. The molecule has 4 rings (SSSR count). The second-order valence-corrected chi connectivity index (χ2v) is 9.53. The summed E-state index contributed by atoms with van der Waals surface area (Å²) in [6, 6.07) is 4.69. The van der Waals surface area contributed by atoms with Crippen molar-refractivity contribution < 1.29 is 13.9 Å². The van der Waals surface area contributed by atoms with Crippen molar-refractivity contribution in [2.24, 2.45) is 0 Å². The number of piperazine rings is 1. The highest BCUT2D eigenvalue weighted by atomic mass is 19.1. The van der Waals surface area contributed by atoms with Gasteiger partial charge in [-0.2, -0.15) is 0 Å². The zero-order valence-corrected chi connectivity index (χ0v) is 19.5. The number of amides is 1. The number of carbonyl (C=O) groups is 1. The molecule has 32 heavy (non-hydrogen) atoms. The second kappa shape index (κ2) is 8.07. The summed E-state index contributed by atoms with van der Waals surface area (Å²) in [5.41, 5.74) is 1.42. The number of fused-ring (bicyclic) bond motifs is 1. The number of halogens is 1. The third kappa shape index (κ3) is 4.13. The highest BCUT2D eigenvalue weighted by Crippen LogP contribution is 2.33. The van der Waals surface area contributed by atoms with E-state index in [-0.39, 0.29) is 24.0 Å². The Hall–Kier alpha value is -3.16. The Morgan fingerprint density at radius 1 is 1.12 bits per heavy atom. The largest absolute Gasteiger partial charge is 0.444 e. The summed E-state index contributed by atoms with van der Waals surface area (Å²) in [6.45, 7) is 12.9. The summed E-state index contributed by atoms with van der Waals surface area (Å²) in [5, 5.41) is 1.00. The molecule has 0 N–H and O–H groups in total. The van der Waals surface area contributed by atoms with Crippen LogP contribution in [0.1, 0.15) is 40.2 Å². The molecule has 1 amide bonds. The number of rotatable bonds is 2. The van der Waals surface area contributed by atoms with Crippen LogP contribution in [0.2, 0.25) is 0 Å². The molecule has 0 aliphatic carbocycles. The molecule has 0 radical (unpaired) electrons. The number of aryl methyl sites for hydroxylation is 1. The first-order chi connectivity index (χ1) is 15.0. The summed E-state index contributed by atoms with van der Waals surface area (Å²) >= 11 is 0. The van der Waals surface area contributed by atoms with Crippen molar-refractivity contribution in [3.63, 3.8) is 0 Å². The molecule has 170 valence electrons. The van der Waals surface area contributed by atoms with Gasteiger partial charge in [-0.15, -0.1) is 0 Å². The zero-order valence-electron chi connectivity index (χ0n) is 19.5. The van der Waals surface area contributed by atoms with Crippen LogP contribution in [-0.4, -0.2) is 56.3 Å². The van der Waals surface area contributed by atoms with Crippen molar-refractivity contribution in [2.75, 3.05) is 18.0 Å². The number of hydrogen-bond acceptors (Lipinski definition) is 5. The van der Waals surface area contributed by atoms with Crippen LogP contribution in [-0.2, 0) is 4.74 Å². The van der Waals surface area contributed by atoms with E-state index >= 15 is 0 Å². The Morgan fingerprint density at radius 2 is 1.84 bits per heavy atom. The van der Waals surface area contributed by atoms with Crippen LogP contribution in [0.15, 0.2) is 36.8 Å². The Kier molecular flexibility index (Phi) is 5.56. The van der Waals surface area contributed by atoms with E-state index in [0.717, 1.165) is 22.3 Å². The average molecular weight is 440 g/mol. The van der Waals surface area contributed by atoms with E-state index in [0.29, 0.717) is 18.9 Å². The lowest BCUT2D eigenvalue weighted by Gasteiger charge is -2.44. The number of carbonyl (C=O) groups excluding carboxylic acids is 1. The van der Waals surface area contributed by atoms with Crippen LogP contribution >= 0.6 is 0 Å². The van der Waals surface area contributed by atoms with Crippen LogP contribution in [0.3, 0.4) is 0 Å². The van der Waals surface area contributed by atoms with E-state index in [1.165, 1.54) is 18.3 Å². The molecule has 7 nitrogen and oxygen atoms in total. The Labute approximate surface area is 187 Å². The molecule has 1 aliphatic rings. The number of anilines is 1. The lowest BCUT2D eigenvalue weighted by atomic mass is 10.1. The van der Waals surface area contributed by atoms with Gasteiger partial charge in [0, 0.05) is 55.2 Å². The van der Waals surface area contributed by atoms with Gasteiger partial charge in [-0.25, -0.2) is 19.2 Å². The molecule has 2 atom stereocenters. The minimum Gasteiger partial charge on any atom is -0.444 e. The predicted molar refractivity (Wildman–Crippen MR) is 123 cm³/mol. The second-order valence-electron chi connectivity index (χ2n) is 9.53. The predicted octanol–water partition coefficient (Wildman–Crippen LogP) is 4.70. The fourth-order valence-corrected chi connectivity index (χ4v) is 4.28. The molecule has 1 aliphatic heterocycles. The Bertz CT molecular complexity index is 1150. The lowest BCUT2D eigenvalue weighted by molar-refractivity contribution is 0.0130. The Balaban J connectivity index is 1.68. The average Bonchev–Trinajstić information content (AvgIpc) is 3.05. The van der Waals surface area contributed by atoms with Gasteiger partial charge in [0.05, 0.1) is 5.52 Å². The van der Waals surface area contributed by atoms with Crippen molar-refractivity contribution in [3.8, 4) is 5.82 Å². The Morgan fingerprint density at radius 3 is 2.53 bits per heavy atom. The minimum absolute atomic E-state index is 0.0367. The topological polar surface area (TPSA) is 63.5 Å². The van der Waals surface area contributed by atoms with Gasteiger partial charge in [0.1, 0.15) is 23.1 Å². The normalized spacial score (nSPS) is 19.5. The molecule has 0 bridgehead atoms. The highest BCUT2D eigenvalue weighted by Gasteiger charge is 2.35. The summed E-state index contributed by atoms with van der Waals surface area (Å²) < 4.78 is 21.3. The van der Waals surface area contributed by atoms with Gasteiger partial charge in [-0.1, -0.05) is 0 Å². The standard InChI is InChI=1S/C24H30FN5O2/c1-15-12-30(20-11-18(25)7-9-26-20)19-8-10-27-22(21(15)19)28-13-17(3)29(14-16(28)2)23(31)32-24(4,5)6/h7-12,16-17H,13-14H2,1-6H3/t16-,17+/m0/s1. The monoisotopic (exact) mass is 439 g/mol. The molecule has 1 fully saturated rings. The van der Waals surface area contributed by atoms with Gasteiger partial charge in [-0.3, -0.25) is 0 Å². The van der Waals surface area contributed by atoms with Gasteiger partial charge in [0.2, 0.25) is 0 Å². The van der Waals surface area contributed by atoms with E-state index in [2.05, 4.69) is 16.8 Å². The summed E-state index contributed by atoms with van der Waals surface area (Å²) in [5.74, 6) is 1.05. The van der Waals surface area contributed by atoms with E-state index in [4.69, 9.17) is 9.72 Å². The van der Waals surface area contributed by atoms with E-state index < -0.39 is 5.60 Å². The summed E-state index contributed by atoms with van der Waals surface area (Å²) in [4.78, 5) is 25.8. The van der Waals surface area contributed by atoms with Crippen molar-refractivity contribution in [2.45, 2.75) is 59.2 Å². The maximum atomic E-state index is 13.8. The van der Waals surface area contributed by atoms with Gasteiger partial charge in [0.15, 0.2) is 0 Å². The van der Waals surface area contributed by atoms with Gasteiger partial charge < -0.3 is 19.1 Å². The fourth-order valence-electron chi connectivity index (χ4n) is 4.28. The molecule has 3 aromatic heterocycles. The van der Waals surface area contributed by atoms with Crippen LogP contribution in [0.25, 0.3) is 16.7 Å². The molecule has 0 spiro atoms. The van der Waals surface area contributed by atoms with E-state index in [9.17, 15) is 9.18 Å². The third-order valence-electron chi connectivity index (χ3n) is 5.73. The summed E-state index contributed by atoms with van der Waals surface area (Å²) in [7, 11) is 0. The number of pyridine rings is 2. The maximum absolute atomic E-state index is 13.8. The molecule has 1 saturated heterocycles. The quantitative estimate of drug-likeness (QED) is 0.579. The fraction of sp³-hybridized carbons (Fsp3) is 0.458. The maximum Gasteiger partial charge on any atom is 0.410 e. The van der Waals surface area contributed by atoms with E-state index in [1.54, 1.807) is 11.1 Å². The lowest BCUT2D eigenvalue weighted by Crippen LogP contribution is -2.59. The SMILES string of the molecule is Cc1cn(-c2cc(F)ccn2)c2ccnc(N3C[C@@H](C)N(C(=O)OC(C)(C)C)C[C@@H]3C)c12. The third-order valence-corrected chi connectivity index (χ3v) is 5.73. The van der Waals surface area contributed by atoms with Crippen molar-refractivity contribution in [3.05, 3.63) is 48.2 Å².